The normalized spacial score (nSPS) is 13.8. The zero-order chi connectivity index (χ0) is 31.0. The number of hydrogen-bond donors (Lipinski definition) is 0. The Hall–Kier alpha value is -3.19. The van der Waals surface area contributed by atoms with Crippen LogP contribution in [0.15, 0.2) is 72.9 Å². The second-order valence-corrected chi connectivity index (χ2v) is 11.4. The van der Waals surface area contributed by atoms with Gasteiger partial charge in [-0.2, -0.15) is 0 Å². The maximum absolute atomic E-state index is 12.1. The molecule has 0 aromatic rings. The van der Waals surface area contributed by atoms with Gasteiger partial charge in [0, 0.05) is 6.42 Å². The lowest BCUT2D eigenvalue weighted by Gasteiger charge is -2.19. The summed E-state index contributed by atoms with van der Waals surface area (Å²) in [7, 11) is 0. The number of allylic oxidation sites excluding steroid dienone is 11. The summed E-state index contributed by atoms with van der Waals surface area (Å²) in [6.07, 6.45) is 29.4. The minimum absolute atomic E-state index is 0.0426. The highest BCUT2D eigenvalue weighted by atomic mass is 16.7. The molecular formula is C34H52O7. The van der Waals surface area contributed by atoms with E-state index in [2.05, 4.69) is 55.5 Å². The molecule has 0 rings (SSSR count). The Bertz CT molecular complexity index is 922. The van der Waals surface area contributed by atoms with Crippen LogP contribution in [-0.4, -0.2) is 37.6 Å². The van der Waals surface area contributed by atoms with Gasteiger partial charge in [-0.1, -0.05) is 79.8 Å². The molecule has 0 aromatic carbocycles. The minimum Gasteiger partial charge on any atom is -0.438 e. The van der Waals surface area contributed by atoms with Crippen LogP contribution in [0.1, 0.15) is 93.4 Å². The lowest BCUT2D eigenvalue weighted by atomic mass is 9.97. The van der Waals surface area contributed by atoms with Gasteiger partial charge in [0.15, 0.2) is 6.79 Å². The second kappa shape index (κ2) is 22.5. The van der Waals surface area contributed by atoms with Crippen LogP contribution in [0.25, 0.3) is 0 Å². The molecule has 0 aliphatic heterocycles. The summed E-state index contributed by atoms with van der Waals surface area (Å²) >= 11 is 0. The van der Waals surface area contributed by atoms with Gasteiger partial charge in [0.25, 0.3) is 0 Å². The third kappa shape index (κ3) is 23.2. The van der Waals surface area contributed by atoms with Gasteiger partial charge in [0.1, 0.15) is 0 Å². The predicted octanol–water partition coefficient (Wildman–Crippen LogP) is 8.10. The van der Waals surface area contributed by atoms with E-state index in [9.17, 15) is 14.4 Å². The highest BCUT2D eigenvalue weighted by molar-refractivity contribution is 5.76. The van der Waals surface area contributed by atoms with Crippen LogP contribution < -0.4 is 0 Å². The molecule has 1 atom stereocenters. The van der Waals surface area contributed by atoms with E-state index in [0.29, 0.717) is 6.42 Å². The van der Waals surface area contributed by atoms with E-state index in [1.807, 2.05) is 18.2 Å². The van der Waals surface area contributed by atoms with Crippen molar-refractivity contribution in [2.75, 3.05) is 13.6 Å². The van der Waals surface area contributed by atoms with E-state index in [4.69, 9.17) is 18.9 Å². The first-order chi connectivity index (χ1) is 19.4. The number of ether oxygens (including phenoxy) is 4. The Balaban J connectivity index is 4.60. The largest absolute Gasteiger partial charge is 0.438 e. The third-order valence-corrected chi connectivity index (χ3v) is 5.30. The van der Waals surface area contributed by atoms with Crippen molar-refractivity contribution < 1.29 is 33.3 Å². The predicted molar refractivity (Wildman–Crippen MR) is 165 cm³/mol. The summed E-state index contributed by atoms with van der Waals surface area (Å²) < 4.78 is 20.8. The van der Waals surface area contributed by atoms with E-state index in [1.54, 1.807) is 47.6 Å². The average molecular weight is 573 g/mol. The SMILES string of the molecule is CC/C=C\C/C=C\C/C=C\C/C=C\C/C=C\C=C\C(CCC(=O)OCOC(=O)C(C)(C)C)OCOC(=O)C(C)(C)C. The standard InChI is InChI=1S/C34H52O7/c1-8-9-10-11-12-13-14-15-16-17-18-19-20-21-22-23-24-29(38-27-40-31(36)33(2,3)4)25-26-30(35)39-28-41-32(37)34(5,6)7/h9-10,12-13,15-16,18-19,21-24,29H,8,11,14,17,20,25-28H2,1-7H3/b10-9-,13-12-,16-15-,19-18-,22-21-,24-23+. The molecule has 0 fully saturated rings. The molecule has 0 heterocycles. The summed E-state index contributed by atoms with van der Waals surface area (Å²) in [4.78, 5) is 35.9. The third-order valence-electron chi connectivity index (χ3n) is 5.30. The second-order valence-electron chi connectivity index (χ2n) is 11.4. The van der Waals surface area contributed by atoms with E-state index in [-0.39, 0.29) is 19.2 Å². The molecular weight excluding hydrogens is 520 g/mol. The number of esters is 3. The highest BCUT2D eigenvalue weighted by Gasteiger charge is 2.24. The zero-order valence-corrected chi connectivity index (χ0v) is 26.2. The fraction of sp³-hybridized carbons (Fsp3) is 0.559. The van der Waals surface area contributed by atoms with Crippen molar-refractivity contribution >= 4 is 17.9 Å². The molecule has 7 nitrogen and oxygen atoms in total. The molecule has 0 aliphatic rings. The maximum atomic E-state index is 12.1. The number of hydrogen-bond acceptors (Lipinski definition) is 7. The molecule has 0 N–H and O–H groups in total. The van der Waals surface area contributed by atoms with Crippen molar-refractivity contribution in [3.05, 3.63) is 72.9 Å². The summed E-state index contributed by atoms with van der Waals surface area (Å²) in [6.45, 7) is 11.9. The lowest BCUT2D eigenvalue weighted by molar-refractivity contribution is -0.175. The maximum Gasteiger partial charge on any atom is 0.314 e. The van der Waals surface area contributed by atoms with Gasteiger partial charge >= 0.3 is 17.9 Å². The fourth-order valence-electron chi connectivity index (χ4n) is 2.82. The van der Waals surface area contributed by atoms with E-state index >= 15 is 0 Å². The molecule has 0 amide bonds. The monoisotopic (exact) mass is 572 g/mol. The Morgan fingerprint density at radius 1 is 0.610 bits per heavy atom. The quantitative estimate of drug-likeness (QED) is 0.0669. The Kier molecular flexibility index (Phi) is 20.7. The molecule has 41 heavy (non-hydrogen) atoms. The van der Waals surface area contributed by atoms with Gasteiger partial charge in [-0.15, -0.1) is 0 Å². The van der Waals surface area contributed by atoms with Crippen LogP contribution in [0.4, 0.5) is 0 Å². The van der Waals surface area contributed by atoms with Crippen LogP contribution >= 0.6 is 0 Å². The van der Waals surface area contributed by atoms with Gasteiger partial charge in [-0.25, -0.2) is 0 Å². The van der Waals surface area contributed by atoms with Crippen LogP contribution in [0.3, 0.4) is 0 Å². The summed E-state index contributed by atoms with van der Waals surface area (Å²) in [5.74, 6) is -1.35. The van der Waals surface area contributed by atoms with Crippen molar-refractivity contribution in [2.24, 2.45) is 10.8 Å². The summed E-state index contributed by atoms with van der Waals surface area (Å²) in [5.41, 5.74) is -1.32. The van der Waals surface area contributed by atoms with Crippen molar-refractivity contribution in [2.45, 2.75) is 99.5 Å². The van der Waals surface area contributed by atoms with Gasteiger partial charge in [0.05, 0.1) is 16.9 Å². The van der Waals surface area contributed by atoms with Crippen LogP contribution in [-0.2, 0) is 33.3 Å². The first-order valence-electron chi connectivity index (χ1n) is 14.4. The number of carbonyl (C=O) groups is 3. The Morgan fingerprint density at radius 2 is 1.07 bits per heavy atom. The van der Waals surface area contributed by atoms with Crippen molar-refractivity contribution in [3.63, 3.8) is 0 Å². The fourth-order valence-corrected chi connectivity index (χ4v) is 2.82. The molecule has 0 radical (unpaired) electrons. The molecule has 230 valence electrons. The zero-order valence-electron chi connectivity index (χ0n) is 26.2. The van der Waals surface area contributed by atoms with E-state index in [0.717, 1.165) is 32.1 Å². The van der Waals surface area contributed by atoms with Crippen LogP contribution in [0.5, 0.6) is 0 Å². The highest BCUT2D eigenvalue weighted by Crippen LogP contribution is 2.16. The summed E-state index contributed by atoms with van der Waals surface area (Å²) in [6, 6.07) is 0. The number of rotatable bonds is 19. The summed E-state index contributed by atoms with van der Waals surface area (Å²) in [5, 5.41) is 0. The molecule has 0 spiro atoms. The molecule has 0 aromatic heterocycles. The lowest BCUT2D eigenvalue weighted by Crippen LogP contribution is -2.26. The van der Waals surface area contributed by atoms with Crippen LogP contribution in [0.2, 0.25) is 0 Å². The van der Waals surface area contributed by atoms with E-state index in [1.165, 1.54) is 0 Å². The van der Waals surface area contributed by atoms with Crippen molar-refractivity contribution in [3.8, 4) is 0 Å². The minimum atomic E-state index is -0.677. The van der Waals surface area contributed by atoms with Crippen molar-refractivity contribution in [1.82, 2.24) is 0 Å². The number of carbonyl (C=O) groups excluding carboxylic acids is 3. The van der Waals surface area contributed by atoms with Crippen LogP contribution in [0, 0.1) is 10.8 Å². The first kappa shape index (κ1) is 37.8. The Morgan fingerprint density at radius 3 is 1.56 bits per heavy atom. The van der Waals surface area contributed by atoms with Gasteiger partial charge in [0.2, 0.25) is 6.79 Å². The Labute approximate surface area is 248 Å². The smallest absolute Gasteiger partial charge is 0.314 e. The molecule has 0 aliphatic carbocycles. The van der Waals surface area contributed by atoms with E-state index < -0.39 is 35.7 Å². The molecule has 0 saturated carbocycles. The van der Waals surface area contributed by atoms with Gasteiger partial charge in [-0.3, -0.25) is 14.4 Å². The first-order valence-corrected chi connectivity index (χ1v) is 14.4. The van der Waals surface area contributed by atoms with Gasteiger partial charge in [-0.05, 0) is 80.1 Å². The average Bonchev–Trinajstić information content (AvgIpc) is 2.89. The van der Waals surface area contributed by atoms with Gasteiger partial charge < -0.3 is 18.9 Å². The van der Waals surface area contributed by atoms with Crippen molar-refractivity contribution in [1.29, 1.82) is 0 Å². The molecule has 1 unspecified atom stereocenters. The molecule has 0 saturated heterocycles. The molecule has 7 heteroatoms. The topological polar surface area (TPSA) is 88.1 Å². The molecule has 0 bridgehead atoms.